The number of aryl methyl sites for hydroxylation is 1. The maximum atomic E-state index is 12.2. The second-order valence-corrected chi connectivity index (χ2v) is 6.15. The Morgan fingerprint density at radius 3 is 2.57 bits per heavy atom. The van der Waals surface area contributed by atoms with Crippen molar-refractivity contribution >= 4 is 11.7 Å². The van der Waals surface area contributed by atoms with E-state index in [9.17, 15) is 10.1 Å². The number of nitrogen functional groups attached to an aromatic ring is 1. The lowest BCUT2D eigenvalue weighted by atomic mass is 10.1. The minimum absolute atomic E-state index is 0.155. The molecule has 3 N–H and O–H groups in total. The largest absolute Gasteiger partial charge is 0.497 e. The molecule has 0 saturated heterocycles. The van der Waals surface area contributed by atoms with E-state index < -0.39 is 0 Å². The van der Waals surface area contributed by atoms with Crippen molar-refractivity contribution in [3.63, 3.8) is 0 Å². The molecule has 2 aromatic carbocycles. The van der Waals surface area contributed by atoms with Crippen molar-refractivity contribution in [2.45, 2.75) is 12.8 Å². The maximum Gasteiger partial charge on any atom is 0.251 e. The van der Waals surface area contributed by atoms with Gasteiger partial charge in [-0.1, -0.05) is 18.2 Å². The Labute approximate surface area is 163 Å². The van der Waals surface area contributed by atoms with E-state index in [-0.39, 0.29) is 5.91 Å². The topological polar surface area (TPSA) is 106 Å². The summed E-state index contributed by atoms with van der Waals surface area (Å²) in [4.78, 5) is 12.2. The summed E-state index contributed by atoms with van der Waals surface area (Å²) in [5.41, 5.74) is 8.47. The number of benzene rings is 2. The summed E-state index contributed by atoms with van der Waals surface area (Å²) in [6, 6.07) is 18.5. The number of nitrogens with one attached hydrogen (secondary N) is 1. The lowest BCUT2D eigenvalue weighted by Gasteiger charge is -2.05. The maximum absolute atomic E-state index is 12.2. The van der Waals surface area contributed by atoms with E-state index in [1.165, 1.54) is 0 Å². The van der Waals surface area contributed by atoms with E-state index in [1.54, 1.807) is 36.1 Å². The van der Waals surface area contributed by atoms with E-state index >= 15 is 0 Å². The number of nitrogens with two attached hydrogens (primary N) is 1. The van der Waals surface area contributed by atoms with Crippen molar-refractivity contribution in [3.05, 3.63) is 71.4 Å². The predicted molar refractivity (Wildman–Crippen MR) is 106 cm³/mol. The minimum Gasteiger partial charge on any atom is -0.497 e. The van der Waals surface area contributed by atoms with Gasteiger partial charge in [-0.25, -0.2) is 4.68 Å². The van der Waals surface area contributed by atoms with Crippen LogP contribution in [0.2, 0.25) is 0 Å². The third kappa shape index (κ3) is 4.13. The minimum atomic E-state index is -0.155. The number of carbonyl (C=O) groups excluding carboxylic acids is 1. The lowest BCUT2D eigenvalue weighted by molar-refractivity contribution is 0.0953. The molecule has 7 nitrogen and oxygen atoms in total. The van der Waals surface area contributed by atoms with Gasteiger partial charge in [0.25, 0.3) is 5.91 Å². The number of ether oxygens (including phenoxy) is 1. The van der Waals surface area contributed by atoms with Crippen molar-refractivity contribution < 1.29 is 9.53 Å². The molecule has 142 valence electrons. The molecule has 0 radical (unpaired) electrons. The van der Waals surface area contributed by atoms with Crippen molar-refractivity contribution in [3.8, 4) is 17.5 Å². The number of hydrogen-bond donors (Lipinski definition) is 2. The number of hydrogen-bond acceptors (Lipinski definition) is 5. The first-order valence-electron chi connectivity index (χ1n) is 8.89. The third-order valence-corrected chi connectivity index (χ3v) is 4.33. The van der Waals surface area contributed by atoms with E-state index in [2.05, 4.69) is 16.5 Å². The number of para-hydroxylation sites is 1. The summed E-state index contributed by atoms with van der Waals surface area (Å²) in [5.74, 6) is 0.871. The van der Waals surface area contributed by atoms with Gasteiger partial charge in [0.15, 0.2) is 0 Å². The highest BCUT2D eigenvalue weighted by Gasteiger charge is 2.16. The zero-order valence-corrected chi connectivity index (χ0v) is 15.6. The van der Waals surface area contributed by atoms with Gasteiger partial charge >= 0.3 is 0 Å². The van der Waals surface area contributed by atoms with E-state index in [0.717, 1.165) is 5.69 Å². The molecule has 1 heterocycles. The summed E-state index contributed by atoms with van der Waals surface area (Å²) in [7, 11) is 1.58. The van der Waals surface area contributed by atoms with Gasteiger partial charge in [0, 0.05) is 12.1 Å². The van der Waals surface area contributed by atoms with Gasteiger partial charge in [0.05, 0.1) is 18.5 Å². The number of nitrogens with zero attached hydrogens (tertiary/aromatic N) is 3. The second kappa shape index (κ2) is 8.73. The molecule has 0 bridgehead atoms. The molecular weight excluding hydrogens is 354 g/mol. The molecule has 0 unspecified atom stereocenters. The molecule has 3 aromatic rings. The number of carbonyl (C=O) groups is 1. The van der Waals surface area contributed by atoms with Gasteiger partial charge in [0.2, 0.25) is 0 Å². The average molecular weight is 375 g/mol. The van der Waals surface area contributed by atoms with Crippen LogP contribution in [0.1, 0.15) is 28.0 Å². The first-order valence-corrected chi connectivity index (χ1v) is 8.89. The fourth-order valence-electron chi connectivity index (χ4n) is 2.84. The Kier molecular flexibility index (Phi) is 5.92. The molecule has 0 atom stereocenters. The third-order valence-electron chi connectivity index (χ3n) is 4.33. The molecule has 1 amide bonds. The van der Waals surface area contributed by atoms with Crippen molar-refractivity contribution in [2.24, 2.45) is 0 Å². The van der Waals surface area contributed by atoms with Crippen molar-refractivity contribution in [2.75, 3.05) is 19.4 Å². The number of rotatable bonds is 7. The molecule has 28 heavy (non-hydrogen) atoms. The number of anilines is 1. The van der Waals surface area contributed by atoms with Gasteiger partial charge in [-0.2, -0.15) is 10.4 Å². The van der Waals surface area contributed by atoms with Gasteiger partial charge < -0.3 is 15.8 Å². The van der Waals surface area contributed by atoms with Crippen LogP contribution in [0.5, 0.6) is 5.75 Å². The van der Waals surface area contributed by atoms with Crippen LogP contribution in [0.3, 0.4) is 0 Å². The molecule has 0 spiro atoms. The van der Waals surface area contributed by atoms with Crippen LogP contribution in [0.4, 0.5) is 5.82 Å². The number of methoxy groups -OCH3 is 1. The van der Waals surface area contributed by atoms with Crippen LogP contribution in [0.15, 0.2) is 54.6 Å². The Bertz CT molecular complexity index is 988. The Morgan fingerprint density at radius 1 is 1.21 bits per heavy atom. The van der Waals surface area contributed by atoms with Crippen LogP contribution >= 0.6 is 0 Å². The van der Waals surface area contributed by atoms with Crippen LogP contribution < -0.4 is 15.8 Å². The quantitative estimate of drug-likeness (QED) is 0.618. The van der Waals surface area contributed by atoms with Crippen LogP contribution in [-0.4, -0.2) is 29.3 Å². The highest BCUT2D eigenvalue weighted by atomic mass is 16.5. The zero-order chi connectivity index (χ0) is 19.9. The molecular formula is C21H21N5O2. The first kappa shape index (κ1) is 19.0. The molecule has 3 rings (SSSR count). The standard InChI is InChI=1S/C21H21N5O2/c1-28-17-11-9-15(10-12-17)21(27)24-13-5-8-19-18(14-22)20(23)26(25-19)16-6-3-2-4-7-16/h2-4,6-7,9-12H,5,8,13,23H2,1H3,(H,24,27). The summed E-state index contributed by atoms with van der Waals surface area (Å²) in [5, 5.41) is 16.8. The van der Waals surface area contributed by atoms with Crippen molar-refractivity contribution in [1.82, 2.24) is 15.1 Å². The number of amides is 1. The number of aromatic nitrogens is 2. The van der Waals surface area contributed by atoms with Gasteiger partial charge in [-0.05, 0) is 49.2 Å². The Balaban J connectivity index is 1.60. The number of nitriles is 1. The fourth-order valence-corrected chi connectivity index (χ4v) is 2.84. The summed E-state index contributed by atoms with van der Waals surface area (Å²) >= 11 is 0. The van der Waals surface area contributed by atoms with E-state index in [0.29, 0.717) is 47.8 Å². The molecule has 7 heteroatoms. The van der Waals surface area contributed by atoms with Crippen LogP contribution in [0, 0.1) is 11.3 Å². The van der Waals surface area contributed by atoms with Crippen LogP contribution in [-0.2, 0) is 6.42 Å². The zero-order valence-electron chi connectivity index (χ0n) is 15.6. The summed E-state index contributed by atoms with van der Waals surface area (Å²) < 4.78 is 6.66. The SMILES string of the molecule is COc1ccc(C(=O)NCCCc2nn(-c3ccccc3)c(N)c2C#N)cc1. The molecule has 0 fully saturated rings. The highest BCUT2D eigenvalue weighted by Crippen LogP contribution is 2.21. The van der Waals surface area contributed by atoms with Crippen molar-refractivity contribution in [1.29, 1.82) is 5.26 Å². The normalized spacial score (nSPS) is 10.3. The second-order valence-electron chi connectivity index (χ2n) is 6.15. The lowest BCUT2D eigenvalue weighted by Crippen LogP contribution is -2.24. The monoisotopic (exact) mass is 375 g/mol. The smallest absolute Gasteiger partial charge is 0.251 e. The highest BCUT2D eigenvalue weighted by molar-refractivity contribution is 5.94. The molecule has 0 aliphatic heterocycles. The Hall–Kier alpha value is -3.79. The fraction of sp³-hybridized carbons (Fsp3) is 0.190. The molecule has 0 saturated carbocycles. The van der Waals surface area contributed by atoms with Gasteiger partial charge in [0.1, 0.15) is 23.2 Å². The molecule has 0 aliphatic rings. The van der Waals surface area contributed by atoms with Gasteiger partial charge in [-0.15, -0.1) is 0 Å². The first-order chi connectivity index (χ1) is 13.6. The average Bonchev–Trinajstić information content (AvgIpc) is 3.07. The molecule has 1 aromatic heterocycles. The van der Waals surface area contributed by atoms with Gasteiger partial charge in [-0.3, -0.25) is 4.79 Å². The predicted octanol–water partition coefficient (Wildman–Crippen LogP) is 2.70. The van der Waals surface area contributed by atoms with Crippen LogP contribution in [0.25, 0.3) is 5.69 Å². The molecule has 0 aliphatic carbocycles. The summed E-state index contributed by atoms with van der Waals surface area (Å²) in [6.07, 6.45) is 1.18. The van der Waals surface area contributed by atoms with E-state index in [1.807, 2.05) is 30.3 Å². The van der Waals surface area contributed by atoms with E-state index in [4.69, 9.17) is 10.5 Å². The summed E-state index contributed by atoms with van der Waals surface area (Å²) in [6.45, 7) is 0.466. The Morgan fingerprint density at radius 2 is 1.93 bits per heavy atom.